The van der Waals surface area contributed by atoms with Crippen LogP contribution in [0.5, 0.6) is 0 Å². The van der Waals surface area contributed by atoms with E-state index in [1.165, 1.54) is 11.6 Å². The Hall–Kier alpha value is -2.47. The van der Waals surface area contributed by atoms with Gasteiger partial charge in [0, 0.05) is 43.4 Å². The molecule has 2 aromatic heterocycles. The Morgan fingerprint density at radius 3 is 2.93 bits per heavy atom. The second-order valence-electron chi connectivity index (χ2n) is 8.21. The molecule has 0 saturated carbocycles. The largest absolute Gasteiger partial charge is 0.445 e. The molecule has 1 aromatic carbocycles. The Kier molecular flexibility index (Phi) is 4.31. The second-order valence-corrected chi connectivity index (χ2v) is 8.21. The molecule has 0 spiro atoms. The van der Waals surface area contributed by atoms with E-state index < -0.39 is 0 Å². The molecule has 5 nitrogen and oxygen atoms in total. The summed E-state index contributed by atoms with van der Waals surface area (Å²) in [6, 6.07) is 4.98. The number of Topliss-reactive ketones (excluding diaryl/α,β-unsaturated/α-hetero) is 1. The van der Waals surface area contributed by atoms with Gasteiger partial charge in [0.1, 0.15) is 17.3 Å². The number of nitrogens with zero attached hydrogens (tertiary/aromatic N) is 2. The van der Waals surface area contributed by atoms with E-state index in [1.807, 2.05) is 12.3 Å². The number of aromatic nitrogens is 2. The molecule has 28 heavy (non-hydrogen) atoms. The Morgan fingerprint density at radius 1 is 1.29 bits per heavy atom. The van der Waals surface area contributed by atoms with Gasteiger partial charge in [-0.05, 0) is 61.5 Å². The van der Waals surface area contributed by atoms with Gasteiger partial charge < -0.3 is 14.3 Å². The topological polar surface area (TPSA) is 62.1 Å². The van der Waals surface area contributed by atoms with Crippen molar-refractivity contribution in [2.75, 3.05) is 19.6 Å². The molecule has 5 rings (SSSR count). The maximum absolute atomic E-state index is 13.4. The average molecular weight is 381 g/mol. The maximum Gasteiger partial charge on any atom is 0.191 e. The molecule has 0 bridgehead atoms. The van der Waals surface area contributed by atoms with Crippen LogP contribution >= 0.6 is 0 Å². The van der Waals surface area contributed by atoms with E-state index in [0.29, 0.717) is 29.8 Å². The van der Waals surface area contributed by atoms with Crippen LogP contribution in [0.1, 0.15) is 52.9 Å². The van der Waals surface area contributed by atoms with Crippen LogP contribution in [0.4, 0.5) is 4.39 Å². The van der Waals surface area contributed by atoms with E-state index in [2.05, 4.69) is 14.9 Å². The molecule has 1 fully saturated rings. The van der Waals surface area contributed by atoms with Crippen LogP contribution < -0.4 is 0 Å². The molecular weight excluding hydrogens is 357 g/mol. The van der Waals surface area contributed by atoms with Crippen molar-refractivity contribution in [3.05, 3.63) is 53.1 Å². The molecule has 0 amide bonds. The fourth-order valence-corrected chi connectivity index (χ4v) is 4.90. The lowest BCUT2D eigenvalue weighted by molar-refractivity contribution is 0.0910. The molecule has 1 saturated heterocycles. The number of benzene rings is 1. The average Bonchev–Trinajstić information content (AvgIpc) is 3.25. The highest BCUT2D eigenvalue weighted by Gasteiger charge is 2.32. The van der Waals surface area contributed by atoms with Crippen molar-refractivity contribution in [3.63, 3.8) is 0 Å². The lowest BCUT2D eigenvalue weighted by Gasteiger charge is -2.34. The summed E-state index contributed by atoms with van der Waals surface area (Å²) < 4.78 is 19.1. The fourth-order valence-electron chi connectivity index (χ4n) is 4.90. The first-order valence-corrected chi connectivity index (χ1v) is 10.0. The Labute approximate surface area is 162 Å². The number of piperidine rings is 1. The first-order valence-electron chi connectivity index (χ1n) is 10.0. The van der Waals surface area contributed by atoms with Crippen molar-refractivity contribution in [1.82, 2.24) is 14.9 Å². The number of carbonyl (C=O) groups excluding carboxylic acids is 1. The van der Waals surface area contributed by atoms with Gasteiger partial charge >= 0.3 is 0 Å². The van der Waals surface area contributed by atoms with E-state index in [1.54, 1.807) is 13.0 Å². The van der Waals surface area contributed by atoms with Gasteiger partial charge in [-0.2, -0.15) is 0 Å². The summed E-state index contributed by atoms with van der Waals surface area (Å²) in [5, 5.41) is 1.13. The number of aryl methyl sites for hydroxylation is 1. The number of aromatic amines is 1. The van der Waals surface area contributed by atoms with Crippen LogP contribution in [0.2, 0.25) is 0 Å². The van der Waals surface area contributed by atoms with Gasteiger partial charge in [-0.3, -0.25) is 4.79 Å². The molecule has 1 atom stereocenters. The van der Waals surface area contributed by atoms with Crippen LogP contribution in [0.25, 0.3) is 10.9 Å². The highest BCUT2D eigenvalue weighted by Crippen LogP contribution is 2.34. The number of rotatable bonds is 3. The molecule has 3 heterocycles. The van der Waals surface area contributed by atoms with Gasteiger partial charge in [-0.1, -0.05) is 0 Å². The number of ketones is 1. The smallest absolute Gasteiger partial charge is 0.191 e. The van der Waals surface area contributed by atoms with E-state index in [0.717, 1.165) is 55.6 Å². The predicted octanol–water partition coefficient (Wildman–Crippen LogP) is 4.23. The van der Waals surface area contributed by atoms with Crippen molar-refractivity contribution in [3.8, 4) is 0 Å². The number of oxazole rings is 1. The maximum atomic E-state index is 13.4. The summed E-state index contributed by atoms with van der Waals surface area (Å²) in [5.74, 6) is 2.05. The number of halogens is 1. The Balaban J connectivity index is 1.22. The highest BCUT2D eigenvalue weighted by atomic mass is 19.1. The molecule has 146 valence electrons. The lowest BCUT2D eigenvalue weighted by atomic mass is 9.86. The third-order valence-corrected chi connectivity index (χ3v) is 6.24. The predicted molar refractivity (Wildman–Crippen MR) is 104 cm³/mol. The first-order chi connectivity index (χ1) is 13.6. The molecule has 0 radical (unpaired) electrons. The van der Waals surface area contributed by atoms with Gasteiger partial charge in [-0.15, -0.1) is 0 Å². The summed E-state index contributed by atoms with van der Waals surface area (Å²) in [5.41, 5.74) is 2.71. The number of likely N-dealkylation sites (tertiary alicyclic amines) is 1. The van der Waals surface area contributed by atoms with E-state index in [9.17, 15) is 9.18 Å². The van der Waals surface area contributed by atoms with E-state index >= 15 is 0 Å². The highest BCUT2D eigenvalue weighted by molar-refractivity contribution is 5.96. The van der Waals surface area contributed by atoms with Gasteiger partial charge in [-0.25, -0.2) is 9.37 Å². The lowest BCUT2D eigenvalue weighted by Crippen LogP contribution is -2.38. The van der Waals surface area contributed by atoms with Crippen LogP contribution in [-0.2, 0) is 6.42 Å². The summed E-state index contributed by atoms with van der Waals surface area (Å²) in [6.45, 7) is 4.76. The first kappa shape index (κ1) is 17.6. The number of fused-ring (bicyclic) bond motifs is 2. The van der Waals surface area contributed by atoms with Crippen molar-refractivity contribution in [1.29, 1.82) is 0 Å². The fraction of sp³-hybridized carbons (Fsp3) is 0.455. The summed E-state index contributed by atoms with van der Waals surface area (Å²) in [4.78, 5) is 22.2. The second kappa shape index (κ2) is 6.85. The van der Waals surface area contributed by atoms with Crippen LogP contribution in [0.3, 0.4) is 0 Å². The van der Waals surface area contributed by atoms with Crippen molar-refractivity contribution >= 4 is 16.7 Å². The van der Waals surface area contributed by atoms with Gasteiger partial charge in [0.25, 0.3) is 0 Å². The van der Waals surface area contributed by atoms with Gasteiger partial charge in [0.15, 0.2) is 11.7 Å². The van der Waals surface area contributed by atoms with Crippen LogP contribution in [-0.4, -0.2) is 40.3 Å². The van der Waals surface area contributed by atoms with Gasteiger partial charge in [0.2, 0.25) is 0 Å². The number of nitrogens with one attached hydrogen (secondary N) is 1. The minimum atomic E-state index is -0.206. The van der Waals surface area contributed by atoms with Crippen LogP contribution in [0.15, 0.2) is 28.8 Å². The van der Waals surface area contributed by atoms with Crippen molar-refractivity contribution in [2.45, 2.75) is 38.5 Å². The zero-order valence-electron chi connectivity index (χ0n) is 16.0. The molecular formula is C22H24FN3O2. The van der Waals surface area contributed by atoms with E-state index in [-0.39, 0.29) is 11.6 Å². The Morgan fingerprint density at radius 2 is 2.11 bits per heavy atom. The minimum Gasteiger partial charge on any atom is -0.445 e. The third-order valence-electron chi connectivity index (χ3n) is 6.24. The quantitative estimate of drug-likeness (QED) is 0.738. The molecule has 3 aromatic rings. The standard InChI is InChI=1S/C22H24FN3O2/c1-13-25-22-20(27)8-14(9-21(22)28-13)12-26-6-4-15(5-7-26)18-11-24-19-10-16(23)2-3-17(18)19/h2-3,10-11,14-15,24H,4-9,12H2,1H3. The number of hydrogen-bond acceptors (Lipinski definition) is 4. The summed E-state index contributed by atoms with van der Waals surface area (Å²) >= 11 is 0. The molecule has 1 unspecified atom stereocenters. The zero-order valence-corrected chi connectivity index (χ0v) is 16.0. The zero-order chi connectivity index (χ0) is 19.3. The van der Waals surface area contributed by atoms with Crippen molar-refractivity contribution in [2.24, 2.45) is 5.92 Å². The molecule has 1 aliphatic carbocycles. The normalized spacial score (nSPS) is 21.4. The summed E-state index contributed by atoms with van der Waals surface area (Å²) in [7, 11) is 0. The number of H-pyrrole nitrogens is 1. The van der Waals surface area contributed by atoms with Crippen molar-refractivity contribution < 1.29 is 13.6 Å². The molecule has 1 aliphatic heterocycles. The minimum absolute atomic E-state index is 0.115. The third kappa shape index (κ3) is 3.15. The van der Waals surface area contributed by atoms with Crippen LogP contribution in [0, 0.1) is 18.7 Å². The van der Waals surface area contributed by atoms with E-state index in [4.69, 9.17) is 4.42 Å². The Bertz CT molecular complexity index is 1030. The number of carbonyl (C=O) groups is 1. The number of hydrogen-bond donors (Lipinski definition) is 1. The summed E-state index contributed by atoms with van der Waals surface area (Å²) in [6.07, 6.45) is 5.57. The van der Waals surface area contributed by atoms with Gasteiger partial charge in [0.05, 0.1) is 0 Å². The monoisotopic (exact) mass is 381 g/mol. The molecule has 2 aliphatic rings. The SMILES string of the molecule is Cc1nc2c(o1)CC(CN1CCC(c3c[nH]c4cc(F)ccc34)CC1)CC2=O. The molecule has 1 N–H and O–H groups in total. The molecule has 6 heteroatoms.